The molecule has 3 aromatic carbocycles. The average Bonchev–Trinajstić information content (AvgIpc) is 2.82. The Morgan fingerprint density at radius 3 is 2.38 bits per heavy atom. The van der Waals surface area contributed by atoms with E-state index in [2.05, 4.69) is 15.3 Å². The van der Waals surface area contributed by atoms with E-state index in [0.717, 1.165) is 10.8 Å². The number of hydrogen-bond acceptors (Lipinski definition) is 7. The smallest absolute Gasteiger partial charge is 0.343 e. The third-order valence-corrected chi connectivity index (χ3v) is 4.53. The van der Waals surface area contributed by atoms with Crippen molar-refractivity contribution in [1.29, 1.82) is 0 Å². The first-order chi connectivity index (χ1) is 15.5. The summed E-state index contributed by atoms with van der Waals surface area (Å²) in [5, 5.41) is 5.94. The molecule has 0 saturated heterocycles. The molecule has 0 heterocycles. The van der Waals surface area contributed by atoms with Gasteiger partial charge in [-0.1, -0.05) is 24.3 Å². The van der Waals surface area contributed by atoms with Crippen LogP contribution in [0.25, 0.3) is 10.8 Å². The van der Waals surface area contributed by atoms with Crippen LogP contribution < -0.4 is 19.6 Å². The number of nitrogens with one attached hydrogen (secondary N) is 1. The first-order valence-corrected chi connectivity index (χ1v) is 9.92. The summed E-state index contributed by atoms with van der Waals surface area (Å²) < 4.78 is 20.9. The van der Waals surface area contributed by atoms with Crippen LogP contribution in [-0.4, -0.2) is 45.5 Å². The molecule has 3 aromatic rings. The monoisotopic (exact) mass is 436 g/mol. The number of ether oxygens (including phenoxy) is 4. The Morgan fingerprint density at radius 1 is 0.938 bits per heavy atom. The SMILES string of the molecule is CCOc1cc(C=NNC(=O)c2cc3ccccc3cc2OC)ccc1OCC(=O)OC. The molecule has 0 unspecified atom stereocenters. The van der Waals surface area contributed by atoms with Gasteiger partial charge in [0, 0.05) is 0 Å². The highest BCUT2D eigenvalue weighted by molar-refractivity contribution is 6.02. The minimum absolute atomic E-state index is 0.229. The number of rotatable bonds is 9. The van der Waals surface area contributed by atoms with E-state index in [1.807, 2.05) is 37.3 Å². The van der Waals surface area contributed by atoms with E-state index in [0.29, 0.717) is 35.0 Å². The van der Waals surface area contributed by atoms with Crippen LogP contribution in [0.2, 0.25) is 0 Å². The van der Waals surface area contributed by atoms with Crippen LogP contribution in [0.1, 0.15) is 22.8 Å². The molecule has 0 atom stereocenters. The minimum atomic E-state index is -0.495. The summed E-state index contributed by atoms with van der Waals surface area (Å²) in [6, 6.07) is 16.4. The molecule has 1 amide bonds. The van der Waals surface area contributed by atoms with E-state index in [4.69, 9.17) is 14.2 Å². The lowest BCUT2D eigenvalue weighted by Gasteiger charge is -2.12. The molecule has 3 rings (SSSR count). The van der Waals surface area contributed by atoms with Crippen LogP contribution >= 0.6 is 0 Å². The molecule has 0 aliphatic carbocycles. The summed E-state index contributed by atoms with van der Waals surface area (Å²) in [5.74, 6) is 0.418. The van der Waals surface area contributed by atoms with Crippen molar-refractivity contribution in [3.63, 3.8) is 0 Å². The largest absolute Gasteiger partial charge is 0.496 e. The lowest BCUT2D eigenvalue weighted by molar-refractivity contribution is -0.142. The van der Waals surface area contributed by atoms with Crippen molar-refractivity contribution in [2.75, 3.05) is 27.4 Å². The van der Waals surface area contributed by atoms with Crippen molar-refractivity contribution in [1.82, 2.24) is 5.43 Å². The van der Waals surface area contributed by atoms with Crippen molar-refractivity contribution < 1.29 is 28.5 Å². The van der Waals surface area contributed by atoms with Gasteiger partial charge in [0.1, 0.15) is 5.75 Å². The zero-order valence-corrected chi connectivity index (χ0v) is 18.1. The molecule has 0 bridgehead atoms. The second-order valence-corrected chi connectivity index (χ2v) is 6.60. The third kappa shape index (κ3) is 5.54. The average molecular weight is 436 g/mol. The van der Waals surface area contributed by atoms with E-state index in [-0.39, 0.29) is 6.61 Å². The number of carbonyl (C=O) groups excluding carboxylic acids is 2. The van der Waals surface area contributed by atoms with Crippen molar-refractivity contribution in [2.24, 2.45) is 5.10 Å². The van der Waals surface area contributed by atoms with Gasteiger partial charge in [0.05, 0.1) is 32.6 Å². The Kier molecular flexibility index (Phi) is 7.64. The molecular weight excluding hydrogens is 412 g/mol. The number of nitrogens with zero attached hydrogens (tertiary/aromatic N) is 1. The van der Waals surface area contributed by atoms with E-state index in [9.17, 15) is 9.59 Å². The molecule has 32 heavy (non-hydrogen) atoms. The van der Waals surface area contributed by atoms with Gasteiger partial charge in [-0.25, -0.2) is 10.2 Å². The standard InChI is InChI=1S/C24H24N2O6/c1-4-31-22-11-16(9-10-20(22)32-15-23(27)30-3)14-25-26-24(28)19-12-17-7-5-6-8-18(17)13-21(19)29-2/h5-14H,4,15H2,1-3H3,(H,26,28). The molecule has 0 radical (unpaired) electrons. The predicted octanol–water partition coefficient (Wildman–Crippen LogP) is 3.56. The van der Waals surface area contributed by atoms with Gasteiger partial charge >= 0.3 is 5.97 Å². The number of benzene rings is 3. The van der Waals surface area contributed by atoms with E-state index in [1.54, 1.807) is 24.3 Å². The summed E-state index contributed by atoms with van der Waals surface area (Å²) in [6.07, 6.45) is 1.48. The van der Waals surface area contributed by atoms with Gasteiger partial charge in [-0.3, -0.25) is 4.79 Å². The maximum absolute atomic E-state index is 12.7. The summed E-state index contributed by atoms with van der Waals surface area (Å²) >= 11 is 0. The van der Waals surface area contributed by atoms with Crippen molar-refractivity contribution in [2.45, 2.75) is 6.92 Å². The molecule has 0 saturated carbocycles. The molecule has 0 aromatic heterocycles. The van der Waals surface area contributed by atoms with Crippen LogP contribution in [-0.2, 0) is 9.53 Å². The number of hydrazone groups is 1. The number of hydrogen-bond donors (Lipinski definition) is 1. The lowest BCUT2D eigenvalue weighted by Crippen LogP contribution is -2.18. The van der Waals surface area contributed by atoms with E-state index in [1.165, 1.54) is 20.4 Å². The summed E-state index contributed by atoms with van der Waals surface area (Å²) in [5.41, 5.74) is 3.57. The highest BCUT2D eigenvalue weighted by Crippen LogP contribution is 2.28. The number of fused-ring (bicyclic) bond motifs is 1. The van der Waals surface area contributed by atoms with Crippen molar-refractivity contribution in [3.8, 4) is 17.2 Å². The summed E-state index contributed by atoms with van der Waals surface area (Å²) in [6.45, 7) is 2.02. The van der Waals surface area contributed by atoms with Crippen molar-refractivity contribution in [3.05, 3.63) is 65.7 Å². The van der Waals surface area contributed by atoms with Crippen LogP contribution in [0.3, 0.4) is 0 Å². The Balaban J connectivity index is 1.73. The van der Waals surface area contributed by atoms with Gasteiger partial charge in [0.2, 0.25) is 0 Å². The number of amides is 1. The van der Waals surface area contributed by atoms with Crippen LogP contribution in [0, 0.1) is 0 Å². The summed E-state index contributed by atoms with van der Waals surface area (Å²) in [4.78, 5) is 24.0. The Hall–Kier alpha value is -4.07. The maximum Gasteiger partial charge on any atom is 0.343 e. The number of methoxy groups -OCH3 is 2. The normalized spacial score (nSPS) is 10.7. The van der Waals surface area contributed by atoms with Crippen molar-refractivity contribution >= 4 is 28.9 Å². The molecule has 8 nitrogen and oxygen atoms in total. The highest BCUT2D eigenvalue weighted by atomic mass is 16.6. The Labute approximate surface area is 185 Å². The van der Waals surface area contributed by atoms with Crippen LogP contribution in [0.5, 0.6) is 17.2 Å². The van der Waals surface area contributed by atoms with Crippen LogP contribution in [0.4, 0.5) is 0 Å². The zero-order chi connectivity index (χ0) is 22.9. The topological polar surface area (TPSA) is 95.5 Å². The van der Waals surface area contributed by atoms with Gasteiger partial charge in [-0.05, 0) is 53.6 Å². The maximum atomic E-state index is 12.7. The molecule has 0 aliphatic rings. The highest BCUT2D eigenvalue weighted by Gasteiger charge is 2.13. The quantitative estimate of drug-likeness (QED) is 0.313. The first kappa shape index (κ1) is 22.6. The molecule has 0 aliphatic heterocycles. The van der Waals surface area contributed by atoms with Gasteiger partial charge in [0.25, 0.3) is 5.91 Å². The number of carbonyl (C=O) groups is 2. The lowest BCUT2D eigenvalue weighted by atomic mass is 10.1. The molecule has 1 N–H and O–H groups in total. The van der Waals surface area contributed by atoms with Gasteiger partial charge < -0.3 is 18.9 Å². The predicted molar refractivity (Wildman–Crippen MR) is 121 cm³/mol. The molecule has 166 valence electrons. The number of esters is 1. The fraction of sp³-hybridized carbons (Fsp3) is 0.208. The zero-order valence-electron chi connectivity index (χ0n) is 18.1. The van der Waals surface area contributed by atoms with E-state index < -0.39 is 11.9 Å². The molecule has 0 fully saturated rings. The van der Waals surface area contributed by atoms with Crippen LogP contribution in [0.15, 0.2) is 59.7 Å². The third-order valence-electron chi connectivity index (χ3n) is 4.53. The second-order valence-electron chi connectivity index (χ2n) is 6.60. The van der Waals surface area contributed by atoms with E-state index >= 15 is 0 Å². The molecule has 8 heteroatoms. The Bertz CT molecular complexity index is 1140. The van der Waals surface area contributed by atoms with Gasteiger partial charge in [-0.15, -0.1) is 0 Å². The van der Waals surface area contributed by atoms with Gasteiger partial charge in [0.15, 0.2) is 18.1 Å². The molecule has 0 spiro atoms. The fourth-order valence-electron chi connectivity index (χ4n) is 2.98. The minimum Gasteiger partial charge on any atom is -0.496 e. The fourth-order valence-corrected chi connectivity index (χ4v) is 2.98. The van der Waals surface area contributed by atoms with Gasteiger partial charge in [-0.2, -0.15) is 5.10 Å². The molecular formula is C24H24N2O6. The second kappa shape index (κ2) is 10.8. The Morgan fingerprint density at radius 2 is 1.69 bits per heavy atom. The first-order valence-electron chi connectivity index (χ1n) is 9.92. The summed E-state index contributed by atoms with van der Waals surface area (Å²) in [7, 11) is 2.81.